The Labute approximate surface area is 150 Å². The highest BCUT2D eigenvalue weighted by Crippen LogP contribution is 2.29. The normalized spacial score (nSPS) is 10.5. The SMILES string of the molecule is COc1ccc(CNc2ncnc(Nc3nc(C)c(C)s3)c2N)cc1. The number of benzene rings is 1. The van der Waals surface area contributed by atoms with Gasteiger partial charge >= 0.3 is 0 Å². The largest absolute Gasteiger partial charge is 0.497 e. The average Bonchev–Trinajstić information content (AvgIpc) is 2.93. The molecule has 0 aliphatic carbocycles. The van der Waals surface area contributed by atoms with E-state index in [0.29, 0.717) is 23.9 Å². The predicted molar refractivity (Wildman–Crippen MR) is 102 cm³/mol. The second-order valence-corrected chi connectivity index (χ2v) is 6.67. The van der Waals surface area contributed by atoms with Crippen molar-refractivity contribution in [3.05, 3.63) is 46.7 Å². The Morgan fingerprint density at radius 3 is 2.48 bits per heavy atom. The van der Waals surface area contributed by atoms with Crippen LogP contribution in [-0.4, -0.2) is 22.1 Å². The van der Waals surface area contributed by atoms with Crippen molar-refractivity contribution in [1.82, 2.24) is 15.0 Å². The Kier molecular flexibility index (Phi) is 4.99. The number of aromatic nitrogens is 3. The highest BCUT2D eigenvalue weighted by molar-refractivity contribution is 7.15. The van der Waals surface area contributed by atoms with Gasteiger partial charge in [-0.2, -0.15) is 0 Å². The topological polar surface area (TPSA) is 98.0 Å². The van der Waals surface area contributed by atoms with Gasteiger partial charge in [0, 0.05) is 11.4 Å². The number of nitrogens with zero attached hydrogens (tertiary/aromatic N) is 3. The van der Waals surface area contributed by atoms with Gasteiger partial charge in [-0.15, -0.1) is 11.3 Å². The van der Waals surface area contributed by atoms with Crippen LogP contribution in [0, 0.1) is 13.8 Å². The molecule has 0 amide bonds. The Morgan fingerprint density at radius 1 is 1.12 bits per heavy atom. The summed E-state index contributed by atoms with van der Waals surface area (Å²) >= 11 is 1.57. The van der Waals surface area contributed by atoms with Crippen LogP contribution < -0.4 is 21.1 Å². The lowest BCUT2D eigenvalue weighted by atomic mass is 10.2. The van der Waals surface area contributed by atoms with Crippen molar-refractivity contribution in [2.75, 3.05) is 23.5 Å². The molecule has 0 unspecified atom stereocenters. The highest BCUT2D eigenvalue weighted by Gasteiger charge is 2.11. The van der Waals surface area contributed by atoms with E-state index in [0.717, 1.165) is 27.0 Å². The Morgan fingerprint density at radius 2 is 1.84 bits per heavy atom. The number of thiazole rings is 1. The monoisotopic (exact) mass is 356 g/mol. The van der Waals surface area contributed by atoms with Crippen molar-refractivity contribution in [2.45, 2.75) is 20.4 Å². The van der Waals surface area contributed by atoms with Crippen LogP contribution in [0.25, 0.3) is 0 Å². The average molecular weight is 356 g/mol. The molecule has 8 heteroatoms. The summed E-state index contributed by atoms with van der Waals surface area (Å²) in [6.07, 6.45) is 1.47. The smallest absolute Gasteiger partial charge is 0.188 e. The first-order valence-electron chi connectivity index (χ1n) is 7.75. The summed E-state index contributed by atoms with van der Waals surface area (Å²) in [7, 11) is 1.65. The maximum absolute atomic E-state index is 6.19. The van der Waals surface area contributed by atoms with Crippen LogP contribution in [0.2, 0.25) is 0 Å². The Bertz CT molecular complexity index is 843. The van der Waals surface area contributed by atoms with E-state index >= 15 is 0 Å². The lowest BCUT2D eigenvalue weighted by molar-refractivity contribution is 0.414. The van der Waals surface area contributed by atoms with Crippen molar-refractivity contribution >= 4 is 33.8 Å². The van der Waals surface area contributed by atoms with E-state index in [9.17, 15) is 0 Å². The molecular formula is C17H20N6OS. The first-order chi connectivity index (χ1) is 12.1. The molecule has 4 N–H and O–H groups in total. The van der Waals surface area contributed by atoms with Crippen LogP contribution in [0.3, 0.4) is 0 Å². The predicted octanol–water partition coefficient (Wildman–Crippen LogP) is 3.50. The van der Waals surface area contributed by atoms with Gasteiger partial charge in [-0.3, -0.25) is 0 Å². The van der Waals surface area contributed by atoms with Gasteiger partial charge in [-0.05, 0) is 31.5 Å². The van der Waals surface area contributed by atoms with Crippen molar-refractivity contribution in [1.29, 1.82) is 0 Å². The lowest BCUT2D eigenvalue weighted by Crippen LogP contribution is -2.08. The summed E-state index contributed by atoms with van der Waals surface area (Å²) in [5, 5.41) is 7.16. The molecule has 7 nitrogen and oxygen atoms in total. The van der Waals surface area contributed by atoms with Gasteiger partial charge in [0.2, 0.25) is 0 Å². The molecule has 0 fully saturated rings. The standard InChI is InChI=1S/C17H20N6OS/c1-10-11(2)25-17(22-10)23-16-14(18)15(20-9-21-16)19-8-12-4-6-13(24-3)7-5-12/h4-7,9H,8,18H2,1-3H3,(H2,19,20,21,22,23). The fourth-order valence-corrected chi connectivity index (χ4v) is 3.01. The van der Waals surface area contributed by atoms with E-state index in [1.807, 2.05) is 38.1 Å². The third-order valence-electron chi connectivity index (χ3n) is 3.76. The second-order valence-electron chi connectivity index (χ2n) is 5.47. The Balaban J connectivity index is 1.71. The number of hydrogen-bond acceptors (Lipinski definition) is 8. The number of hydrogen-bond donors (Lipinski definition) is 3. The molecular weight excluding hydrogens is 336 g/mol. The fraction of sp³-hybridized carbons (Fsp3) is 0.235. The second kappa shape index (κ2) is 7.35. The van der Waals surface area contributed by atoms with Gasteiger partial charge in [0.05, 0.1) is 12.8 Å². The highest BCUT2D eigenvalue weighted by atomic mass is 32.1. The molecule has 0 spiro atoms. The molecule has 130 valence electrons. The maximum Gasteiger partial charge on any atom is 0.188 e. The zero-order chi connectivity index (χ0) is 17.8. The minimum atomic E-state index is 0.460. The zero-order valence-corrected chi connectivity index (χ0v) is 15.1. The number of nitrogen functional groups attached to an aromatic ring is 1. The number of methoxy groups -OCH3 is 1. The van der Waals surface area contributed by atoms with Crippen molar-refractivity contribution in [2.24, 2.45) is 0 Å². The van der Waals surface area contributed by atoms with Crippen LogP contribution in [0.4, 0.5) is 22.5 Å². The van der Waals surface area contributed by atoms with Crippen LogP contribution >= 0.6 is 11.3 Å². The molecule has 0 aliphatic heterocycles. The summed E-state index contributed by atoms with van der Waals surface area (Å²) in [5.74, 6) is 1.95. The Hall–Kier alpha value is -2.87. The van der Waals surface area contributed by atoms with E-state index in [1.165, 1.54) is 6.33 Å². The summed E-state index contributed by atoms with van der Waals surface area (Å²) in [6, 6.07) is 7.81. The fourth-order valence-electron chi connectivity index (χ4n) is 2.19. The zero-order valence-electron chi connectivity index (χ0n) is 14.3. The van der Waals surface area contributed by atoms with Crippen LogP contribution in [0.15, 0.2) is 30.6 Å². The van der Waals surface area contributed by atoms with Crippen LogP contribution in [0.1, 0.15) is 16.1 Å². The molecule has 3 aromatic rings. The molecule has 0 aliphatic rings. The summed E-state index contributed by atoms with van der Waals surface area (Å²) in [6.45, 7) is 4.60. The molecule has 0 saturated heterocycles. The molecule has 0 saturated carbocycles. The van der Waals surface area contributed by atoms with Crippen LogP contribution in [-0.2, 0) is 6.54 Å². The molecule has 0 atom stereocenters. The number of nitrogens with two attached hydrogens (primary N) is 1. The first-order valence-corrected chi connectivity index (χ1v) is 8.57. The number of aryl methyl sites for hydroxylation is 2. The summed E-state index contributed by atoms with van der Waals surface area (Å²) in [5.41, 5.74) is 8.75. The lowest BCUT2D eigenvalue weighted by Gasteiger charge is -2.11. The van der Waals surface area contributed by atoms with Crippen LogP contribution in [0.5, 0.6) is 5.75 Å². The van der Waals surface area contributed by atoms with E-state index in [4.69, 9.17) is 10.5 Å². The molecule has 25 heavy (non-hydrogen) atoms. The van der Waals surface area contributed by atoms with Gasteiger partial charge in [0.25, 0.3) is 0 Å². The molecule has 0 radical (unpaired) electrons. The number of rotatable bonds is 6. The van der Waals surface area contributed by atoms with E-state index < -0.39 is 0 Å². The van der Waals surface area contributed by atoms with Gasteiger partial charge in [-0.25, -0.2) is 15.0 Å². The third kappa shape index (κ3) is 3.97. The van der Waals surface area contributed by atoms with Gasteiger partial charge < -0.3 is 21.1 Å². The van der Waals surface area contributed by atoms with Crippen molar-refractivity contribution < 1.29 is 4.74 Å². The number of ether oxygens (including phenoxy) is 1. The van der Waals surface area contributed by atoms with Gasteiger partial charge in [-0.1, -0.05) is 12.1 Å². The molecule has 1 aromatic carbocycles. The van der Waals surface area contributed by atoms with E-state index in [2.05, 4.69) is 25.6 Å². The molecule has 2 aromatic heterocycles. The number of nitrogens with one attached hydrogen (secondary N) is 2. The molecule has 2 heterocycles. The third-order valence-corrected chi connectivity index (χ3v) is 4.75. The first kappa shape index (κ1) is 17.0. The molecule has 0 bridgehead atoms. The summed E-state index contributed by atoms with van der Waals surface area (Å²) in [4.78, 5) is 14.0. The summed E-state index contributed by atoms with van der Waals surface area (Å²) < 4.78 is 5.16. The minimum absolute atomic E-state index is 0.460. The quantitative estimate of drug-likeness (QED) is 0.622. The van der Waals surface area contributed by atoms with Crippen molar-refractivity contribution in [3.63, 3.8) is 0 Å². The van der Waals surface area contributed by atoms with Gasteiger partial charge in [0.1, 0.15) is 17.8 Å². The van der Waals surface area contributed by atoms with Crippen molar-refractivity contribution in [3.8, 4) is 5.75 Å². The van der Waals surface area contributed by atoms with E-state index in [-0.39, 0.29) is 0 Å². The maximum atomic E-state index is 6.19. The minimum Gasteiger partial charge on any atom is -0.497 e. The molecule has 3 rings (SSSR count). The van der Waals surface area contributed by atoms with E-state index in [1.54, 1.807) is 18.4 Å². The van der Waals surface area contributed by atoms with Gasteiger partial charge in [0.15, 0.2) is 16.8 Å². The number of anilines is 4.